The summed E-state index contributed by atoms with van der Waals surface area (Å²) in [5.74, 6) is 0. The van der Waals surface area contributed by atoms with Gasteiger partial charge in [0.2, 0.25) is 0 Å². The fourth-order valence-electron chi connectivity index (χ4n) is 2.27. The predicted octanol–water partition coefficient (Wildman–Crippen LogP) is 2.75. The highest BCUT2D eigenvalue weighted by Crippen LogP contribution is 2.26. The molecular weight excluding hydrogens is 218 g/mol. The van der Waals surface area contributed by atoms with E-state index in [4.69, 9.17) is 4.74 Å². The Balaban J connectivity index is 2.74. The number of piperidine rings is 1. The molecule has 0 aromatic rings. The largest absolute Gasteiger partial charge is 0.444 e. The van der Waals surface area contributed by atoms with Gasteiger partial charge in [-0.2, -0.15) is 0 Å². The summed E-state index contributed by atoms with van der Waals surface area (Å²) in [6, 6.07) is 0.162. The van der Waals surface area contributed by atoms with Gasteiger partial charge in [0.15, 0.2) is 0 Å². The molecule has 0 N–H and O–H groups in total. The zero-order valence-electron chi connectivity index (χ0n) is 11.2. The van der Waals surface area contributed by atoms with Crippen LogP contribution in [0.3, 0.4) is 0 Å². The Morgan fingerprint density at radius 3 is 2.59 bits per heavy atom. The molecule has 0 aliphatic carbocycles. The Hall–Kier alpha value is -1.06. The van der Waals surface area contributed by atoms with Crippen molar-refractivity contribution in [2.24, 2.45) is 0 Å². The van der Waals surface area contributed by atoms with Gasteiger partial charge in [-0.1, -0.05) is 0 Å². The Morgan fingerprint density at radius 2 is 2.06 bits per heavy atom. The first-order valence-electron chi connectivity index (χ1n) is 6.30. The van der Waals surface area contributed by atoms with E-state index in [9.17, 15) is 9.59 Å². The molecule has 0 saturated carbocycles. The van der Waals surface area contributed by atoms with Gasteiger partial charge >= 0.3 is 6.09 Å². The molecule has 1 heterocycles. The van der Waals surface area contributed by atoms with Crippen LogP contribution in [0.2, 0.25) is 0 Å². The van der Waals surface area contributed by atoms with Crippen molar-refractivity contribution in [2.45, 2.75) is 71.1 Å². The quantitative estimate of drug-likeness (QED) is 0.698. The SMILES string of the molecule is C[C@@H]1CCC[C@@H](CC=O)N1C(=O)OC(C)(C)C. The molecule has 1 aliphatic heterocycles. The van der Waals surface area contributed by atoms with Crippen LogP contribution in [0.1, 0.15) is 53.4 Å². The molecule has 0 aromatic heterocycles. The number of rotatable bonds is 2. The van der Waals surface area contributed by atoms with Gasteiger partial charge in [-0.05, 0) is 47.0 Å². The lowest BCUT2D eigenvalue weighted by molar-refractivity contribution is -0.109. The van der Waals surface area contributed by atoms with Gasteiger partial charge < -0.3 is 14.4 Å². The van der Waals surface area contributed by atoms with Crippen molar-refractivity contribution < 1.29 is 14.3 Å². The summed E-state index contributed by atoms with van der Waals surface area (Å²) >= 11 is 0. The summed E-state index contributed by atoms with van der Waals surface area (Å²) < 4.78 is 5.40. The Labute approximate surface area is 103 Å². The van der Waals surface area contributed by atoms with Gasteiger partial charge in [-0.25, -0.2) is 4.79 Å². The van der Waals surface area contributed by atoms with Crippen molar-refractivity contribution in [1.82, 2.24) is 4.90 Å². The highest BCUT2D eigenvalue weighted by Gasteiger charge is 2.34. The predicted molar refractivity (Wildman–Crippen MR) is 65.9 cm³/mol. The molecule has 17 heavy (non-hydrogen) atoms. The average Bonchev–Trinajstić information content (AvgIpc) is 2.15. The van der Waals surface area contributed by atoms with Crippen LogP contribution in [-0.4, -0.2) is 35.0 Å². The first-order valence-corrected chi connectivity index (χ1v) is 6.30. The second kappa shape index (κ2) is 5.52. The van der Waals surface area contributed by atoms with Crippen molar-refractivity contribution in [1.29, 1.82) is 0 Å². The molecule has 4 heteroatoms. The average molecular weight is 241 g/mol. The maximum Gasteiger partial charge on any atom is 0.410 e. The van der Waals surface area contributed by atoms with E-state index in [0.717, 1.165) is 25.5 Å². The van der Waals surface area contributed by atoms with Gasteiger partial charge in [-0.15, -0.1) is 0 Å². The number of carbonyl (C=O) groups is 2. The summed E-state index contributed by atoms with van der Waals surface area (Å²) in [5.41, 5.74) is -0.486. The smallest absolute Gasteiger partial charge is 0.410 e. The second-order valence-corrected chi connectivity index (χ2v) is 5.72. The van der Waals surface area contributed by atoms with Crippen LogP contribution in [0.25, 0.3) is 0 Å². The summed E-state index contributed by atoms with van der Waals surface area (Å²) in [5, 5.41) is 0. The zero-order chi connectivity index (χ0) is 13.1. The molecule has 0 aromatic carbocycles. The topological polar surface area (TPSA) is 46.6 Å². The first-order chi connectivity index (χ1) is 7.85. The number of hydrogen-bond acceptors (Lipinski definition) is 3. The van der Waals surface area contributed by atoms with Crippen molar-refractivity contribution in [2.75, 3.05) is 0 Å². The third-order valence-electron chi connectivity index (χ3n) is 3.00. The number of nitrogens with zero attached hydrogens (tertiary/aromatic N) is 1. The van der Waals surface area contributed by atoms with E-state index in [0.29, 0.717) is 6.42 Å². The van der Waals surface area contributed by atoms with Crippen molar-refractivity contribution in [3.8, 4) is 0 Å². The molecule has 1 saturated heterocycles. The summed E-state index contributed by atoms with van der Waals surface area (Å²) in [7, 11) is 0. The molecule has 2 atom stereocenters. The van der Waals surface area contributed by atoms with Crippen molar-refractivity contribution in [3.63, 3.8) is 0 Å². The second-order valence-electron chi connectivity index (χ2n) is 5.72. The van der Waals surface area contributed by atoms with E-state index in [1.165, 1.54) is 0 Å². The summed E-state index contributed by atoms with van der Waals surface area (Å²) in [6.07, 6.45) is 3.94. The lowest BCUT2D eigenvalue weighted by atomic mass is 9.95. The summed E-state index contributed by atoms with van der Waals surface area (Å²) in [4.78, 5) is 24.5. The molecule has 0 radical (unpaired) electrons. The molecule has 1 aliphatic rings. The van der Waals surface area contributed by atoms with Crippen LogP contribution in [0.4, 0.5) is 4.79 Å². The molecule has 4 nitrogen and oxygen atoms in total. The van der Waals surface area contributed by atoms with Crippen LogP contribution in [0, 0.1) is 0 Å². The monoisotopic (exact) mass is 241 g/mol. The maximum absolute atomic E-state index is 12.1. The van der Waals surface area contributed by atoms with Crippen molar-refractivity contribution in [3.05, 3.63) is 0 Å². The van der Waals surface area contributed by atoms with E-state index >= 15 is 0 Å². The van der Waals surface area contributed by atoms with Crippen LogP contribution in [0.5, 0.6) is 0 Å². The zero-order valence-corrected chi connectivity index (χ0v) is 11.2. The van der Waals surface area contributed by atoms with Gasteiger partial charge in [0.25, 0.3) is 0 Å². The van der Waals surface area contributed by atoms with Gasteiger partial charge in [-0.3, -0.25) is 0 Å². The van der Waals surface area contributed by atoms with Gasteiger partial charge in [0, 0.05) is 18.5 Å². The fourth-order valence-corrected chi connectivity index (χ4v) is 2.27. The van der Waals surface area contributed by atoms with Crippen LogP contribution < -0.4 is 0 Å². The fraction of sp³-hybridized carbons (Fsp3) is 0.846. The summed E-state index contributed by atoms with van der Waals surface area (Å²) in [6.45, 7) is 7.58. The van der Waals surface area contributed by atoms with E-state index in [2.05, 4.69) is 0 Å². The van der Waals surface area contributed by atoms with Crippen molar-refractivity contribution >= 4 is 12.4 Å². The van der Waals surface area contributed by atoms with E-state index < -0.39 is 5.60 Å². The van der Waals surface area contributed by atoms with Crippen LogP contribution in [-0.2, 0) is 9.53 Å². The number of ether oxygens (including phenoxy) is 1. The Bertz CT molecular complexity index is 283. The minimum atomic E-state index is -0.486. The Morgan fingerprint density at radius 1 is 1.41 bits per heavy atom. The molecule has 0 spiro atoms. The minimum Gasteiger partial charge on any atom is -0.444 e. The van der Waals surface area contributed by atoms with Crippen LogP contribution in [0.15, 0.2) is 0 Å². The standard InChI is InChI=1S/C13H23NO3/c1-10-6-5-7-11(8-9-15)14(10)12(16)17-13(2,3)4/h9-11H,5-8H2,1-4H3/t10-,11+/m1/s1. The molecule has 1 rings (SSSR count). The molecular formula is C13H23NO3. The molecule has 0 bridgehead atoms. The minimum absolute atomic E-state index is 0.00565. The highest BCUT2D eigenvalue weighted by atomic mass is 16.6. The molecule has 1 amide bonds. The Kier molecular flexibility index (Phi) is 4.54. The molecule has 98 valence electrons. The number of carbonyl (C=O) groups excluding carboxylic acids is 2. The number of hydrogen-bond donors (Lipinski definition) is 0. The molecule has 1 fully saturated rings. The van der Waals surface area contributed by atoms with E-state index in [-0.39, 0.29) is 18.2 Å². The third-order valence-corrected chi connectivity index (χ3v) is 3.00. The number of amides is 1. The van der Waals surface area contributed by atoms with Gasteiger partial charge in [0.05, 0.1) is 0 Å². The number of likely N-dealkylation sites (tertiary alicyclic amines) is 1. The van der Waals surface area contributed by atoms with Gasteiger partial charge in [0.1, 0.15) is 11.9 Å². The molecule has 0 unspecified atom stereocenters. The van der Waals surface area contributed by atoms with E-state index in [1.54, 1.807) is 4.90 Å². The first kappa shape index (κ1) is 14.0. The van der Waals surface area contributed by atoms with E-state index in [1.807, 2.05) is 27.7 Å². The van der Waals surface area contributed by atoms with Crippen LogP contribution >= 0.6 is 0 Å². The lowest BCUT2D eigenvalue weighted by Crippen LogP contribution is -2.50. The number of aldehydes is 1. The highest BCUT2D eigenvalue weighted by molar-refractivity contribution is 5.69. The normalized spacial score (nSPS) is 25.5. The maximum atomic E-state index is 12.1. The third kappa shape index (κ3) is 4.02. The lowest BCUT2D eigenvalue weighted by Gasteiger charge is -2.40.